The summed E-state index contributed by atoms with van der Waals surface area (Å²) in [4.78, 5) is 12.3. The van der Waals surface area contributed by atoms with Gasteiger partial charge in [0, 0.05) is 18.9 Å². The molecule has 2 rings (SSSR count). The zero-order valence-corrected chi connectivity index (χ0v) is 9.46. The average Bonchev–Trinajstić information content (AvgIpc) is 2.79. The minimum absolute atomic E-state index is 0.246. The van der Waals surface area contributed by atoms with Crippen molar-refractivity contribution in [2.75, 3.05) is 13.2 Å². The molecule has 2 heterocycles. The lowest BCUT2D eigenvalue weighted by Gasteiger charge is -1.95. The third-order valence-corrected chi connectivity index (χ3v) is 1.94. The van der Waals surface area contributed by atoms with E-state index in [-0.39, 0.29) is 6.61 Å². The predicted octanol–water partition coefficient (Wildman–Crippen LogP) is 0.310. The van der Waals surface area contributed by atoms with Gasteiger partial charge >= 0.3 is 0 Å². The molecule has 0 aliphatic rings. The number of rotatable bonds is 5. The Hall–Kier alpha value is -1.86. The van der Waals surface area contributed by atoms with Crippen molar-refractivity contribution in [3.05, 3.63) is 23.8 Å². The highest BCUT2D eigenvalue weighted by molar-refractivity contribution is 5.40. The highest BCUT2D eigenvalue weighted by Gasteiger charge is 2.10. The first kappa shape index (κ1) is 11.6. The maximum absolute atomic E-state index is 5.29. The molecule has 0 saturated heterocycles. The minimum atomic E-state index is 0.246. The third-order valence-electron chi connectivity index (χ3n) is 1.94. The highest BCUT2D eigenvalue weighted by Crippen LogP contribution is 2.10. The van der Waals surface area contributed by atoms with Crippen LogP contribution in [0.5, 0.6) is 0 Å². The van der Waals surface area contributed by atoms with Crippen LogP contribution in [0, 0.1) is 6.92 Å². The summed E-state index contributed by atoms with van der Waals surface area (Å²) in [6.45, 7) is 3.07. The van der Waals surface area contributed by atoms with Gasteiger partial charge in [-0.2, -0.15) is 4.98 Å². The van der Waals surface area contributed by atoms with Gasteiger partial charge in [-0.15, -0.1) is 0 Å². The Labute approximate surface area is 98.0 Å². The van der Waals surface area contributed by atoms with E-state index in [0.717, 1.165) is 5.56 Å². The van der Waals surface area contributed by atoms with Crippen LogP contribution in [0.2, 0.25) is 0 Å². The molecule has 0 spiro atoms. The smallest absolute Gasteiger partial charge is 0.253 e. The Morgan fingerprint density at radius 3 is 2.76 bits per heavy atom. The molecular weight excluding hydrogens is 222 g/mol. The quantitative estimate of drug-likeness (QED) is 0.744. The summed E-state index contributed by atoms with van der Waals surface area (Å²) in [5, 5.41) is 3.77. The standard InChI is InChI=1S/C10H13N5O2/c1-7-4-12-9(13-5-7)10-14-8(17-15-10)6-16-3-2-11/h4-5H,2-3,6,11H2,1H3. The zero-order chi connectivity index (χ0) is 12.1. The Morgan fingerprint density at radius 2 is 2.06 bits per heavy atom. The molecule has 0 atom stereocenters. The molecule has 0 saturated carbocycles. The van der Waals surface area contributed by atoms with Crippen molar-refractivity contribution in [1.29, 1.82) is 0 Å². The van der Waals surface area contributed by atoms with E-state index in [1.54, 1.807) is 12.4 Å². The van der Waals surface area contributed by atoms with Crippen LogP contribution < -0.4 is 5.73 Å². The molecular formula is C10H13N5O2. The molecule has 2 aromatic heterocycles. The zero-order valence-electron chi connectivity index (χ0n) is 9.46. The van der Waals surface area contributed by atoms with Gasteiger partial charge in [-0.3, -0.25) is 0 Å². The van der Waals surface area contributed by atoms with E-state index >= 15 is 0 Å². The van der Waals surface area contributed by atoms with E-state index < -0.39 is 0 Å². The van der Waals surface area contributed by atoms with Gasteiger partial charge in [-0.05, 0) is 12.5 Å². The Balaban J connectivity index is 2.04. The van der Waals surface area contributed by atoms with Gasteiger partial charge in [0.2, 0.25) is 11.6 Å². The second kappa shape index (κ2) is 5.46. The number of aryl methyl sites for hydroxylation is 1. The lowest BCUT2D eigenvalue weighted by molar-refractivity contribution is 0.104. The van der Waals surface area contributed by atoms with Crippen LogP contribution in [-0.4, -0.2) is 33.3 Å². The van der Waals surface area contributed by atoms with Crippen LogP contribution in [0.3, 0.4) is 0 Å². The maximum atomic E-state index is 5.29. The fraction of sp³-hybridized carbons (Fsp3) is 0.400. The highest BCUT2D eigenvalue weighted by atomic mass is 16.5. The molecule has 0 aliphatic carbocycles. The fourth-order valence-electron chi connectivity index (χ4n) is 1.16. The first-order valence-electron chi connectivity index (χ1n) is 5.19. The molecule has 0 amide bonds. The Bertz CT molecular complexity index is 468. The van der Waals surface area contributed by atoms with E-state index in [4.69, 9.17) is 15.0 Å². The summed E-state index contributed by atoms with van der Waals surface area (Å²) < 4.78 is 10.2. The van der Waals surface area contributed by atoms with Crippen molar-refractivity contribution >= 4 is 0 Å². The second-order valence-corrected chi connectivity index (χ2v) is 3.44. The summed E-state index contributed by atoms with van der Waals surface area (Å²) in [7, 11) is 0. The van der Waals surface area contributed by atoms with Crippen molar-refractivity contribution in [2.24, 2.45) is 5.73 Å². The molecule has 0 aromatic carbocycles. The van der Waals surface area contributed by atoms with Crippen LogP contribution in [-0.2, 0) is 11.3 Å². The average molecular weight is 235 g/mol. The summed E-state index contributed by atoms with van der Waals surface area (Å²) in [5.74, 6) is 1.18. The summed E-state index contributed by atoms with van der Waals surface area (Å²) in [5.41, 5.74) is 6.27. The maximum Gasteiger partial charge on any atom is 0.253 e. The van der Waals surface area contributed by atoms with Crippen LogP contribution in [0.15, 0.2) is 16.9 Å². The number of hydrogen-bond acceptors (Lipinski definition) is 7. The van der Waals surface area contributed by atoms with Crippen LogP contribution >= 0.6 is 0 Å². The Kier molecular flexibility index (Phi) is 3.73. The molecule has 2 aromatic rings. The number of nitrogens with zero attached hydrogens (tertiary/aromatic N) is 4. The minimum Gasteiger partial charge on any atom is -0.370 e. The van der Waals surface area contributed by atoms with Crippen LogP contribution in [0.1, 0.15) is 11.5 Å². The number of aromatic nitrogens is 4. The predicted molar refractivity (Wildman–Crippen MR) is 58.8 cm³/mol. The molecule has 17 heavy (non-hydrogen) atoms. The monoisotopic (exact) mass is 235 g/mol. The van der Waals surface area contributed by atoms with Crippen molar-refractivity contribution in [2.45, 2.75) is 13.5 Å². The fourth-order valence-corrected chi connectivity index (χ4v) is 1.16. The normalized spacial score (nSPS) is 10.7. The molecule has 7 heteroatoms. The summed E-state index contributed by atoms with van der Waals surface area (Å²) in [6.07, 6.45) is 3.40. The number of hydrogen-bond donors (Lipinski definition) is 1. The molecule has 0 bridgehead atoms. The van der Waals surface area contributed by atoms with Gasteiger partial charge in [0.25, 0.3) is 5.89 Å². The van der Waals surface area contributed by atoms with Gasteiger partial charge in [0.05, 0.1) is 6.61 Å². The SMILES string of the molecule is Cc1cnc(-c2noc(COCCN)n2)nc1. The van der Waals surface area contributed by atoms with Crippen molar-refractivity contribution < 1.29 is 9.26 Å². The van der Waals surface area contributed by atoms with E-state index in [1.165, 1.54) is 0 Å². The topological polar surface area (TPSA) is 100.0 Å². The largest absolute Gasteiger partial charge is 0.370 e. The van der Waals surface area contributed by atoms with Gasteiger partial charge in [-0.1, -0.05) is 5.16 Å². The van der Waals surface area contributed by atoms with Gasteiger partial charge in [0.15, 0.2) is 0 Å². The van der Waals surface area contributed by atoms with Gasteiger partial charge in [-0.25, -0.2) is 9.97 Å². The van der Waals surface area contributed by atoms with Gasteiger partial charge < -0.3 is 15.0 Å². The van der Waals surface area contributed by atoms with Crippen molar-refractivity contribution in [3.8, 4) is 11.6 Å². The lowest BCUT2D eigenvalue weighted by Crippen LogP contribution is -2.08. The molecule has 2 N–H and O–H groups in total. The molecule has 7 nitrogen and oxygen atoms in total. The van der Waals surface area contributed by atoms with Gasteiger partial charge in [0.1, 0.15) is 6.61 Å². The molecule has 0 radical (unpaired) electrons. The van der Waals surface area contributed by atoms with E-state index in [9.17, 15) is 0 Å². The van der Waals surface area contributed by atoms with Crippen molar-refractivity contribution in [1.82, 2.24) is 20.1 Å². The van der Waals surface area contributed by atoms with Crippen LogP contribution in [0.4, 0.5) is 0 Å². The van der Waals surface area contributed by atoms with E-state index in [0.29, 0.717) is 30.7 Å². The van der Waals surface area contributed by atoms with Crippen LogP contribution in [0.25, 0.3) is 11.6 Å². The number of ether oxygens (including phenoxy) is 1. The van der Waals surface area contributed by atoms with Crippen molar-refractivity contribution in [3.63, 3.8) is 0 Å². The second-order valence-electron chi connectivity index (χ2n) is 3.44. The first-order valence-corrected chi connectivity index (χ1v) is 5.19. The molecule has 0 fully saturated rings. The third kappa shape index (κ3) is 3.05. The van der Waals surface area contributed by atoms with E-state index in [2.05, 4.69) is 20.1 Å². The van der Waals surface area contributed by atoms with E-state index in [1.807, 2.05) is 6.92 Å². The molecule has 0 aliphatic heterocycles. The Morgan fingerprint density at radius 1 is 1.29 bits per heavy atom. The molecule has 0 unspecified atom stereocenters. The lowest BCUT2D eigenvalue weighted by atomic mass is 10.4. The first-order chi connectivity index (χ1) is 8.29. The summed E-state index contributed by atoms with van der Waals surface area (Å²) in [6, 6.07) is 0. The molecule has 90 valence electrons. The number of nitrogens with two attached hydrogens (primary N) is 1. The summed E-state index contributed by atoms with van der Waals surface area (Å²) >= 11 is 0.